The van der Waals surface area contributed by atoms with E-state index in [1.54, 1.807) is 25.1 Å². The third kappa shape index (κ3) is 5.23. The normalized spacial score (nSPS) is 17.6. The molecular formula is C19H25FN4O2S. The van der Waals surface area contributed by atoms with Crippen molar-refractivity contribution in [2.75, 3.05) is 25.0 Å². The van der Waals surface area contributed by atoms with E-state index in [1.807, 2.05) is 25.1 Å². The Morgan fingerprint density at radius 2 is 1.81 bits per heavy atom. The van der Waals surface area contributed by atoms with Gasteiger partial charge in [-0.2, -0.15) is 0 Å². The molecule has 0 unspecified atom stereocenters. The van der Waals surface area contributed by atoms with Crippen molar-refractivity contribution in [2.24, 2.45) is 0 Å². The molecule has 0 aliphatic carbocycles. The fourth-order valence-corrected chi connectivity index (χ4v) is 4.81. The number of piperidine rings is 1. The van der Waals surface area contributed by atoms with Crippen molar-refractivity contribution in [1.29, 1.82) is 0 Å². The van der Waals surface area contributed by atoms with E-state index in [9.17, 15) is 8.42 Å². The average molecular weight is 393 g/mol. The molecule has 1 aliphatic rings. The fraction of sp³-hybridized carbons (Fsp3) is 0.474. The number of nitrogens with zero attached hydrogens (tertiary/aromatic N) is 3. The van der Waals surface area contributed by atoms with Crippen molar-refractivity contribution in [3.05, 3.63) is 53.5 Å². The molecule has 0 atom stereocenters. The number of anilines is 1. The summed E-state index contributed by atoms with van der Waals surface area (Å²) in [5.74, 6) is 1.17. The highest BCUT2D eigenvalue weighted by atomic mass is 32.2. The number of aryl methyl sites for hydroxylation is 2. The lowest BCUT2D eigenvalue weighted by atomic mass is 9.94. The Bertz CT molecular complexity index is 862. The number of alkyl halides is 1. The van der Waals surface area contributed by atoms with Crippen LogP contribution < -0.4 is 5.32 Å². The van der Waals surface area contributed by atoms with E-state index in [2.05, 4.69) is 15.3 Å². The number of halogens is 1. The van der Waals surface area contributed by atoms with E-state index in [0.717, 1.165) is 11.3 Å². The van der Waals surface area contributed by atoms with Crippen molar-refractivity contribution < 1.29 is 12.8 Å². The lowest BCUT2D eigenvalue weighted by Crippen LogP contribution is -2.47. The third-order valence-electron chi connectivity index (χ3n) is 4.76. The zero-order valence-corrected chi connectivity index (χ0v) is 16.5. The van der Waals surface area contributed by atoms with Crippen LogP contribution in [0.4, 0.5) is 10.2 Å². The molecule has 1 N–H and O–H groups in total. The minimum Gasteiger partial charge on any atom is -0.367 e. The van der Waals surface area contributed by atoms with Crippen LogP contribution in [0, 0.1) is 13.8 Å². The van der Waals surface area contributed by atoms with Gasteiger partial charge < -0.3 is 5.32 Å². The van der Waals surface area contributed by atoms with E-state index in [0.29, 0.717) is 11.6 Å². The average Bonchev–Trinajstić information content (AvgIpc) is 2.60. The van der Waals surface area contributed by atoms with Gasteiger partial charge in [0, 0.05) is 24.8 Å². The molecule has 1 aromatic carbocycles. The van der Waals surface area contributed by atoms with E-state index in [-0.39, 0.29) is 38.2 Å². The van der Waals surface area contributed by atoms with Gasteiger partial charge in [-0.25, -0.2) is 27.1 Å². The van der Waals surface area contributed by atoms with Gasteiger partial charge >= 0.3 is 0 Å². The van der Waals surface area contributed by atoms with Gasteiger partial charge in [-0.3, -0.25) is 0 Å². The van der Waals surface area contributed by atoms with Crippen LogP contribution in [0.2, 0.25) is 0 Å². The molecule has 2 aromatic rings. The Kier molecular flexibility index (Phi) is 5.76. The minimum atomic E-state index is -3.44. The van der Waals surface area contributed by atoms with Crippen LogP contribution in [0.25, 0.3) is 0 Å². The topological polar surface area (TPSA) is 75.2 Å². The summed E-state index contributed by atoms with van der Waals surface area (Å²) in [4.78, 5) is 8.45. The standard InChI is InChI=1S/C19H25FN4O2S/c1-15-12-18(23-16(2)22-15)21-14-19(20)8-10-24(11-9-19)27(25,26)13-17-6-4-3-5-7-17/h3-7,12H,8-11,13-14H2,1-2H3,(H,21,22,23). The fourth-order valence-electron chi connectivity index (χ4n) is 3.27. The Morgan fingerprint density at radius 1 is 1.15 bits per heavy atom. The lowest BCUT2D eigenvalue weighted by Gasteiger charge is -2.35. The smallest absolute Gasteiger partial charge is 0.218 e. The van der Waals surface area contributed by atoms with Gasteiger partial charge in [0.1, 0.15) is 17.3 Å². The minimum absolute atomic E-state index is 0.0507. The molecule has 2 heterocycles. The van der Waals surface area contributed by atoms with Crippen LogP contribution in [0.5, 0.6) is 0 Å². The summed E-state index contributed by atoms with van der Waals surface area (Å²) >= 11 is 0. The summed E-state index contributed by atoms with van der Waals surface area (Å²) < 4.78 is 41.7. The maximum absolute atomic E-state index is 15.1. The predicted octanol–water partition coefficient (Wildman–Crippen LogP) is 2.84. The zero-order valence-electron chi connectivity index (χ0n) is 15.7. The highest BCUT2D eigenvalue weighted by Crippen LogP contribution is 2.29. The van der Waals surface area contributed by atoms with Gasteiger partial charge in [0.05, 0.1) is 12.3 Å². The molecule has 1 aromatic heterocycles. The highest BCUT2D eigenvalue weighted by Gasteiger charge is 2.38. The highest BCUT2D eigenvalue weighted by molar-refractivity contribution is 7.88. The Hall–Kier alpha value is -2.06. The van der Waals surface area contributed by atoms with Crippen molar-refractivity contribution in [1.82, 2.24) is 14.3 Å². The summed E-state index contributed by atoms with van der Waals surface area (Å²) in [6.07, 6.45) is 0.328. The van der Waals surface area contributed by atoms with E-state index in [1.165, 1.54) is 4.31 Å². The number of benzene rings is 1. The molecule has 6 nitrogen and oxygen atoms in total. The Labute approximate surface area is 159 Å². The number of sulfonamides is 1. The summed E-state index contributed by atoms with van der Waals surface area (Å²) in [7, 11) is -3.44. The first-order valence-corrected chi connectivity index (χ1v) is 10.6. The Balaban J connectivity index is 1.57. The predicted molar refractivity (Wildman–Crippen MR) is 104 cm³/mol. The number of aromatic nitrogens is 2. The molecule has 1 fully saturated rings. The molecule has 1 saturated heterocycles. The van der Waals surface area contributed by atoms with E-state index in [4.69, 9.17) is 0 Å². The summed E-state index contributed by atoms with van der Waals surface area (Å²) in [6.45, 7) is 4.14. The molecule has 0 bridgehead atoms. The maximum atomic E-state index is 15.1. The molecule has 0 radical (unpaired) electrons. The molecule has 0 saturated carbocycles. The number of nitrogens with one attached hydrogen (secondary N) is 1. The summed E-state index contributed by atoms with van der Waals surface area (Å²) in [5.41, 5.74) is 0.108. The second-order valence-corrected chi connectivity index (χ2v) is 9.06. The second kappa shape index (κ2) is 7.90. The van der Waals surface area contributed by atoms with Crippen molar-refractivity contribution in [3.8, 4) is 0 Å². The molecule has 146 valence electrons. The molecule has 3 rings (SSSR count). The van der Waals surface area contributed by atoms with Gasteiger partial charge in [0.15, 0.2) is 0 Å². The third-order valence-corrected chi connectivity index (χ3v) is 6.61. The zero-order chi connectivity index (χ0) is 19.5. The van der Waals surface area contributed by atoms with Crippen LogP contribution in [-0.4, -0.2) is 48.0 Å². The Morgan fingerprint density at radius 3 is 2.44 bits per heavy atom. The van der Waals surface area contributed by atoms with Crippen molar-refractivity contribution in [3.63, 3.8) is 0 Å². The quantitative estimate of drug-likeness (QED) is 0.818. The maximum Gasteiger partial charge on any atom is 0.218 e. The summed E-state index contributed by atoms with van der Waals surface area (Å²) in [5, 5.41) is 3.04. The lowest BCUT2D eigenvalue weighted by molar-refractivity contribution is 0.102. The first-order chi connectivity index (χ1) is 12.8. The number of rotatable bonds is 6. The first kappa shape index (κ1) is 19.7. The van der Waals surface area contributed by atoms with Crippen LogP contribution in [0.1, 0.15) is 29.9 Å². The van der Waals surface area contributed by atoms with Crippen LogP contribution in [0.3, 0.4) is 0 Å². The van der Waals surface area contributed by atoms with Crippen molar-refractivity contribution >= 4 is 15.8 Å². The second-order valence-electron chi connectivity index (χ2n) is 7.09. The van der Waals surface area contributed by atoms with E-state index < -0.39 is 15.7 Å². The molecular weight excluding hydrogens is 367 g/mol. The number of hydrogen-bond donors (Lipinski definition) is 1. The molecule has 0 spiro atoms. The van der Waals surface area contributed by atoms with Crippen molar-refractivity contribution in [2.45, 2.75) is 38.1 Å². The SMILES string of the molecule is Cc1cc(NCC2(F)CCN(S(=O)(=O)Cc3ccccc3)CC2)nc(C)n1. The van der Waals surface area contributed by atoms with Crippen LogP contribution in [0.15, 0.2) is 36.4 Å². The van der Waals surface area contributed by atoms with Crippen LogP contribution in [-0.2, 0) is 15.8 Å². The molecule has 0 amide bonds. The summed E-state index contributed by atoms with van der Waals surface area (Å²) in [6, 6.07) is 10.8. The van der Waals surface area contributed by atoms with E-state index >= 15 is 4.39 Å². The largest absolute Gasteiger partial charge is 0.367 e. The van der Waals surface area contributed by atoms with Gasteiger partial charge in [0.25, 0.3) is 0 Å². The van der Waals surface area contributed by atoms with Gasteiger partial charge in [-0.1, -0.05) is 30.3 Å². The van der Waals surface area contributed by atoms with Gasteiger partial charge in [-0.15, -0.1) is 0 Å². The molecule has 8 heteroatoms. The molecule has 1 aliphatic heterocycles. The monoisotopic (exact) mass is 392 g/mol. The number of hydrogen-bond acceptors (Lipinski definition) is 5. The first-order valence-electron chi connectivity index (χ1n) is 9.03. The molecule has 27 heavy (non-hydrogen) atoms. The van der Waals surface area contributed by atoms with Gasteiger partial charge in [-0.05, 0) is 32.3 Å². The van der Waals surface area contributed by atoms with Crippen LogP contribution >= 0.6 is 0 Å². The van der Waals surface area contributed by atoms with Gasteiger partial charge in [0.2, 0.25) is 10.0 Å².